The smallest absolute Gasteiger partial charge is 0.242 e. The first-order valence-corrected chi connectivity index (χ1v) is 12.5. The van der Waals surface area contributed by atoms with Crippen LogP contribution in [0.5, 0.6) is 5.75 Å². The van der Waals surface area contributed by atoms with E-state index >= 15 is 0 Å². The molecule has 1 atom stereocenters. The molecule has 2 amide bonds. The first kappa shape index (κ1) is 25.3. The summed E-state index contributed by atoms with van der Waals surface area (Å²) < 4.78 is 6.26. The van der Waals surface area contributed by atoms with E-state index in [0.717, 1.165) is 33.5 Å². The van der Waals surface area contributed by atoms with Crippen LogP contribution in [0.4, 0.5) is 0 Å². The Labute approximate surface area is 198 Å². The lowest BCUT2D eigenvalue weighted by Gasteiger charge is -2.30. The molecule has 0 heterocycles. The second-order valence-electron chi connectivity index (χ2n) is 7.20. The number of amides is 2. The first-order chi connectivity index (χ1) is 15.0. The Balaban J connectivity index is 2.10. The summed E-state index contributed by atoms with van der Waals surface area (Å²) in [6.07, 6.45) is 1.42. The maximum atomic E-state index is 13.2. The van der Waals surface area contributed by atoms with Gasteiger partial charge in [0.05, 0.1) is 12.9 Å². The summed E-state index contributed by atoms with van der Waals surface area (Å²) >= 11 is 5.00. The molecule has 0 radical (unpaired) electrons. The minimum atomic E-state index is -0.491. The number of benzene rings is 2. The molecule has 0 unspecified atom stereocenters. The van der Waals surface area contributed by atoms with Crippen molar-refractivity contribution in [2.24, 2.45) is 0 Å². The highest BCUT2D eigenvalue weighted by Crippen LogP contribution is 2.20. The van der Waals surface area contributed by atoms with Crippen LogP contribution in [0.15, 0.2) is 53.0 Å². The molecular weight excluding hydrogens is 476 g/mol. The average molecular weight is 507 g/mol. The van der Waals surface area contributed by atoms with E-state index < -0.39 is 6.04 Å². The van der Waals surface area contributed by atoms with Crippen molar-refractivity contribution in [2.45, 2.75) is 45.0 Å². The zero-order valence-electron chi connectivity index (χ0n) is 18.4. The van der Waals surface area contributed by atoms with Crippen molar-refractivity contribution in [3.05, 3.63) is 64.1 Å². The molecule has 5 nitrogen and oxygen atoms in total. The predicted molar refractivity (Wildman–Crippen MR) is 131 cm³/mol. The Bertz CT molecular complexity index is 828. The first-order valence-electron chi connectivity index (χ1n) is 10.5. The van der Waals surface area contributed by atoms with Crippen molar-refractivity contribution in [1.82, 2.24) is 10.2 Å². The largest absolute Gasteiger partial charge is 0.497 e. The van der Waals surface area contributed by atoms with Gasteiger partial charge >= 0.3 is 0 Å². The topological polar surface area (TPSA) is 58.6 Å². The fourth-order valence-corrected chi connectivity index (χ4v) is 4.27. The fraction of sp³-hybridized carbons (Fsp3) is 0.417. The monoisotopic (exact) mass is 506 g/mol. The van der Waals surface area contributed by atoms with E-state index in [4.69, 9.17) is 4.74 Å². The molecule has 0 saturated heterocycles. The molecule has 0 aliphatic rings. The van der Waals surface area contributed by atoms with Gasteiger partial charge in [-0.1, -0.05) is 54.0 Å². The van der Waals surface area contributed by atoms with Crippen molar-refractivity contribution in [2.75, 3.05) is 19.4 Å². The van der Waals surface area contributed by atoms with Crippen molar-refractivity contribution < 1.29 is 14.3 Å². The minimum absolute atomic E-state index is 0.0311. The van der Waals surface area contributed by atoms with Crippen molar-refractivity contribution in [1.29, 1.82) is 0 Å². The van der Waals surface area contributed by atoms with Crippen molar-refractivity contribution >= 4 is 39.5 Å². The van der Waals surface area contributed by atoms with Crippen molar-refractivity contribution in [3.63, 3.8) is 0 Å². The number of carbonyl (C=O) groups excluding carboxylic acids is 2. The number of nitrogens with one attached hydrogen (secondary N) is 1. The van der Waals surface area contributed by atoms with Gasteiger partial charge in [-0.25, -0.2) is 0 Å². The molecular formula is C24H31BrN2O3S. The number of nitrogens with zero attached hydrogens (tertiary/aromatic N) is 1. The number of rotatable bonds is 12. The van der Waals surface area contributed by atoms with E-state index in [1.54, 1.807) is 23.8 Å². The van der Waals surface area contributed by atoms with Crippen LogP contribution in [0.1, 0.15) is 37.8 Å². The molecule has 1 N–H and O–H groups in total. The van der Waals surface area contributed by atoms with Crippen LogP contribution in [-0.4, -0.2) is 42.2 Å². The van der Waals surface area contributed by atoms with Gasteiger partial charge in [0.15, 0.2) is 0 Å². The van der Waals surface area contributed by atoms with Gasteiger partial charge in [-0.15, -0.1) is 11.8 Å². The number of thioether (sulfide) groups is 1. The summed E-state index contributed by atoms with van der Waals surface area (Å²) in [6.45, 7) is 4.96. The Morgan fingerprint density at radius 3 is 2.29 bits per heavy atom. The Morgan fingerprint density at radius 1 is 1.06 bits per heavy atom. The van der Waals surface area contributed by atoms with Crippen LogP contribution in [0.2, 0.25) is 0 Å². The van der Waals surface area contributed by atoms with Crippen LogP contribution < -0.4 is 10.1 Å². The average Bonchev–Trinajstić information content (AvgIpc) is 2.79. The second kappa shape index (κ2) is 13.4. The third kappa shape index (κ3) is 8.22. The lowest BCUT2D eigenvalue weighted by molar-refractivity contribution is -0.139. The third-order valence-electron chi connectivity index (χ3n) is 4.85. The summed E-state index contributed by atoms with van der Waals surface area (Å²) in [6, 6.07) is 15.2. The molecule has 2 aromatic rings. The van der Waals surface area contributed by atoms with Crippen LogP contribution in [0.3, 0.4) is 0 Å². The zero-order chi connectivity index (χ0) is 22.6. The highest BCUT2D eigenvalue weighted by Gasteiger charge is 2.28. The molecule has 0 saturated carbocycles. The summed E-state index contributed by atoms with van der Waals surface area (Å²) in [5.74, 6) is 1.71. The van der Waals surface area contributed by atoms with Crippen LogP contribution in [0.25, 0.3) is 0 Å². The number of methoxy groups -OCH3 is 1. The maximum Gasteiger partial charge on any atom is 0.242 e. The summed E-state index contributed by atoms with van der Waals surface area (Å²) in [4.78, 5) is 27.7. The van der Waals surface area contributed by atoms with Gasteiger partial charge in [-0.05, 0) is 48.2 Å². The molecule has 2 aromatic carbocycles. The highest BCUT2D eigenvalue weighted by molar-refractivity contribution is 9.10. The van der Waals surface area contributed by atoms with Gasteiger partial charge in [0, 0.05) is 23.3 Å². The summed E-state index contributed by atoms with van der Waals surface area (Å²) in [5, 5.41) is 2.95. The number of hydrogen-bond acceptors (Lipinski definition) is 4. The molecule has 0 bridgehead atoms. The van der Waals surface area contributed by atoms with E-state index in [1.807, 2.05) is 62.4 Å². The van der Waals surface area contributed by atoms with Gasteiger partial charge in [0.2, 0.25) is 11.8 Å². The van der Waals surface area contributed by atoms with Gasteiger partial charge in [-0.2, -0.15) is 0 Å². The summed E-state index contributed by atoms with van der Waals surface area (Å²) in [7, 11) is 1.62. The minimum Gasteiger partial charge on any atom is -0.497 e. The normalized spacial score (nSPS) is 11.6. The number of carbonyl (C=O) groups is 2. The SMILES string of the molecule is CCCNC(=O)[C@@H](CC)N(Cc1ccc(OC)cc1)C(=O)CSCc1ccc(Br)cc1. The molecule has 0 aromatic heterocycles. The lowest BCUT2D eigenvalue weighted by Crippen LogP contribution is -2.49. The zero-order valence-corrected chi connectivity index (χ0v) is 20.8. The third-order valence-corrected chi connectivity index (χ3v) is 6.37. The number of halogens is 1. The van der Waals surface area contributed by atoms with E-state index in [-0.39, 0.29) is 11.8 Å². The van der Waals surface area contributed by atoms with Gasteiger partial charge in [0.25, 0.3) is 0 Å². The quantitative estimate of drug-likeness (QED) is 0.438. The van der Waals surface area contributed by atoms with Gasteiger partial charge in [0.1, 0.15) is 11.8 Å². The highest BCUT2D eigenvalue weighted by atomic mass is 79.9. The maximum absolute atomic E-state index is 13.2. The van der Waals surface area contributed by atoms with E-state index in [2.05, 4.69) is 21.2 Å². The van der Waals surface area contributed by atoms with Crippen molar-refractivity contribution in [3.8, 4) is 5.75 Å². The van der Waals surface area contributed by atoms with Gasteiger partial charge < -0.3 is 15.0 Å². The number of ether oxygens (including phenoxy) is 1. The standard InChI is InChI=1S/C24H31BrN2O3S/c1-4-14-26-24(29)22(5-2)27(15-18-8-12-21(30-3)13-9-18)23(28)17-31-16-19-6-10-20(25)11-7-19/h6-13,22H,4-5,14-17H2,1-3H3,(H,26,29)/t22-/m1/s1. The predicted octanol–water partition coefficient (Wildman–Crippen LogP) is 5.02. The molecule has 7 heteroatoms. The Morgan fingerprint density at radius 2 is 1.71 bits per heavy atom. The molecule has 0 fully saturated rings. The molecule has 0 aliphatic heterocycles. The molecule has 168 valence electrons. The lowest BCUT2D eigenvalue weighted by atomic mass is 10.1. The van der Waals surface area contributed by atoms with Crippen LogP contribution in [0, 0.1) is 0 Å². The molecule has 0 aliphatic carbocycles. The molecule has 2 rings (SSSR count). The molecule has 0 spiro atoms. The van der Waals surface area contributed by atoms with E-state index in [9.17, 15) is 9.59 Å². The van der Waals surface area contributed by atoms with E-state index in [1.165, 1.54) is 0 Å². The summed E-state index contributed by atoms with van der Waals surface area (Å²) in [5.41, 5.74) is 2.13. The Hall–Kier alpha value is -1.99. The van der Waals surface area contributed by atoms with Gasteiger partial charge in [-0.3, -0.25) is 9.59 Å². The second-order valence-corrected chi connectivity index (χ2v) is 9.11. The van der Waals surface area contributed by atoms with Crippen LogP contribution in [-0.2, 0) is 21.9 Å². The Kier molecular flexibility index (Phi) is 10.9. The van der Waals surface area contributed by atoms with E-state index in [0.29, 0.717) is 25.3 Å². The molecule has 31 heavy (non-hydrogen) atoms. The fourth-order valence-electron chi connectivity index (χ4n) is 3.13. The van der Waals surface area contributed by atoms with Crippen LogP contribution >= 0.6 is 27.7 Å². The number of hydrogen-bond donors (Lipinski definition) is 1.